The topological polar surface area (TPSA) is 71.4 Å². The molecule has 0 fully saturated rings. The normalized spacial score (nSPS) is 10.4. The van der Waals surface area contributed by atoms with E-state index in [1.165, 1.54) is 55.3 Å². The Morgan fingerprint density at radius 3 is 1.31 bits per heavy atom. The molecule has 0 aliphatic carbocycles. The Morgan fingerprint density at radius 2 is 0.944 bits per heavy atom. The summed E-state index contributed by atoms with van der Waals surface area (Å²) in [5.41, 5.74) is 17.4. The van der Waals surface area contributed by atoms with Gasteiger partial charge in [-0.05, 0) is 98.4 Å². The van der Waals surface area contributed by atoms with E-state index in [0.29, 0.717) is 5.56 Å². The first kappa shape index (κ1) is 28.8. The number of carboxylic acid groups (broad SMARTS) is 1. The predicted molar refractivity (Wildman–Crippen MR) is 148 cm³/mol. The lowest BCUT2D eigenvalue weighted by molar-refractivity contribution is -0.191. The zero-order chi connectivity index (χ0) is 27.6. The maximum absolute atomic E-state index is 12.1. The molecule has 0 saturated heterocycles. The van der Waals surface area contributed by atoms with Crippen LogP contribution in [0.5, 0.6) is 0 Å². The molecule has 0 radical (unpaired) electrons. The van der Waals surface area contributed by atoms with E-state index in [4.69, 9.17) is 9.59 Å². The largest absolute Gasteiger partial charge is 0.478 e. The van der Waals surface area contributed by atoms with Gasteiger partial charge < -0.3 is 5.11 Å². The fourth-order valence-electron chi connectivity index (χ4n) is 5.86. The highest BCUT2D eigenvalue weighted by atomic mass is 16.4. The van der Waals surface area contributed by atoms with Crippen molar-refractivity contribution < 1.29 is 19.5 Å². The molecule has 0 aliphatic heterocycles. The number of hydrogen-bond donors (Lipinski definition) is 1. The minimum absolute atomic E-state index is 0.0458. The van der Waals surface area contributed by atoms with Crippen molar-refractivity contribution in [2.24, 2.45) is 0 Å². The fraction of sp³-hybridized carbons (Fsp3) is 0.355. The molecule has 1 N–H and O–H groups in total. The highest BCUT2D eigenvalue weighted by molar-refractivity contribution is 6.97. The summed E-state index contributed by atoms with van der Waals surface area (Å²) in [6.45, 7) is 23.6. The maximum Gasteiger partial charge on any atom is 0.373 e. The van der Waals surface area contributed by atoms with Crippen molar-refractivity contribution in [3.8, 4) is 0 Å². The molecule has 4 nitrogen and oxygen atoms in total. The Kier molecular flexibility index (Phi) is 8.88. The van der Waals surface area contributed by atoms with Gasteiger partial charge in [0.1, 0.15) is 0 Å². The van der Waals surface area contributed by atoms with Crippen LogP contribution in [0.4, 0.5) is 0 Å². The second kappa shape index (κ2) is 11.1. The highest BCUT2D eigenvalue weighted by Crippen LogP contribution is 2.23. The zero-order valence-corrected chi connectivity index (χ0v) is 23.5. The molecule has 0 bridgehead atoms. The average molecular weight is 484 g/mol. The van der Waals surface area contributed by atoms with Crippen molar-refractivity contribution in [2.75, 3.05) is 0 Å². The minimum atomic E-state index is -0.847. The van der Waals surface area contributed by atoms with Gasteiger partial charge in [-0.25, -0.2) is 4.79 Å². The van der Waals surface area contributed by atoms with Crippen molar-refractivity contribution >= 4 is 35.2 Å². The quantitative estimate of drug-likeness (QED) is 0.545. The molecule has 0 atom stereocenters. The smallest absolute Gasteiger partial charge is 0.373 e. The number of carbonyl (C=O) groups excluding carboxylic acids is 2. The fourth-order valence-corrected chi connectivity index (χ4v) is 5.86. The maximum atomic E-state index is 12.1. The summed E-state index contributed by atoms with van der Waals surface area (Å²) >= 11 is 0. The van der Waals surface area contributed by atoms with E-state index in [9.17, 15) is 9.90 Å². The van der Waals surface area contributed by atoms with Gasteiger partial charge in [0.2, 0.25) is 6.71 Å². The molecule has 3 rings (SSSR count). The van der Waals surface area contributed by atoms with Crippen molar-refractivity contribution in [3.63, 3.8) is 0 Å². The van der Waals surface area contributed by atoms with Gasteiger partial charge in [0.25, 0.3) is 0 Å². The molecular formula is C31H37BO4. The van der Waals surface area contributed by atoms with E-state index in [1.807, 2.05) is 13.8 Å². The van der Waals surface area contributed by atoms with Gasteiger partial charge in [-0.15, -0.1) is 0 Å². The van der Waals surface area contributed by atoms with Crippen LogP contribution in [0.3, 0.4) is 0 Å². The van der Waals surface area contributed by atoms with Crippen LogP contribution in [0.1, 0.15) is 71.6 Å². The number of carbonyl (C=O) groups is 1. The average Bonchev–Trinajstić information content (AvgIpc) is 2.76. The highest BCUT2D eigenvalue weighted by Gasteiger charge is 2.33. The first-order valence-corrected chi connectivity index (χ1v) is 12.2. The number of hydrogen-bond acceptors (Lipinski definition) is 3. The number of rotatable bonds is 4. The Bertz CT molecular complexity index is 1310. The van der Waals surface area contributed by atoms with E-state index in [-0.39, 0.29) is 12.9 Å². The molecule has 0 saturated carbocycles. The van der Waals surface area contributed by atoms with E-state index in [1.54, 1.807) is 0 Å². The lowest BCUT2D eigenvalue weighted by Gasteiger charge is -2.30. The SMILES string of the molecule is Cc1cc(C)c(B(c2c(C)c(C)cc(C)c2C)c2c(C)c(C)c(C(=O)O)c(C)c2C)c(C)c1.O=C=O. The van der Waals surface area contributed by atoms with E-state index < -0.39 is 5.97 Å². The van der Waals surface area contributed by atoms with Crippen molar-refractivity contribution in [1.29, 1.82) is 0 Å². The minimum Gasteiger partial charge on any atom is -0.478 e. The molecule has 5 heteroatoms. The molecule has 0 spiro atoms. The number of carboxylic acids is 1. The van der Waals surface area contributed by atoms with Gasteiger partial charge in [-0.2, -0.15) is 9.59 Å². The van der Waals surface area contributed by atoms with E-state index >= 15 is 0 Å². The van der Waals surface area contributed by atoms with E-state index in [0.717, 1.165) is 22.3 Å². The Morgan fingerprint density at radius 1 is 0.583 bits per heavy atom. The van der Waals surface area contributed by atoms with Gasteiger partial charge in [0.15, 0.2) is 0 Å². The predicted octanol–water partition coefficient (Wildman–Crippen LogP) is 4.71. The third-order valence-corrected chi connectivity index (χ3v) is 7.92. The van der Waals surface area contributed by atoms with E-state index in [2.05, 4.69) is 80.5 Å². The molecule has 0 heterocycles. The Hall–Kier alpha value is -3.43. The molecule has 0 amide bonds. The van der Waals surface area contributed by atoms with Crippen LogP contribution < -0.4 is 16.4 Å². The van der Waals surface area contributed by atoms with Crippen LogP contribution in [-0.2, 0) is 9.59 Å². The molecular weight excluding hydrogens is 447 g/mol. The Labute approximate surface area is 215 Å². The van der Waals surface area contributed by atoms with Gasteiger partial charge in [0, 0.05) is 0 Å². The van der Waals surface area contributed by atoms with Gasteiger partial charge in [0.05, 0.1) is 5.56 Å². The third-order valence-electron chi connectivity index (χ3n) is 7.92. The molecule has 0 unspecified atom stereocenters. The van der Waals surface area contributed by atoms with Crippen LogP contribution in [0.15, 0.2) is 18.2 Å². The van der Waals surface area contributed by atoms with Crippen molar-refractivity contribution in [3.05, 3.63) is 85.0 Å². The third kappa shape index (κ3) is 5.08. The summed E-state index contributed by atoms with van der Waals surface area (Å²) < 4.78 is 0. The summed E-state index contributed by atoms with van der Waals surface area (Å²) in [6.07, 6.45) is 0.250. The second-order valence-electron chi connectivity index (χ2n) is 10.1. The van der Waals surface area contributed by atoms with Gasteiger partial charge in [-0.1, -0.05) is 73.5 Å². The molecule has 0 aliphatic rings. The summed E-state index contributed by atoms with van der Waals surface area (Å²) in [5.74, 6) is -0.847. The molecule has 0 aromatic heterocycles. The van der Waals surface area contributed by atoms with Crippen LogP contribution in [0.2, 0.25) is 0 Å². The monoisotopic (exact) mass is 484 g/mol. The van der Waals surface area contributed by atoms with Gasteiger partial charge in [-0.3, -0.25) is 0 Å². The lowest BCUT2D eigenvalue weighted by atomic mass is 9.32. The molecule has 188 valence electrons. The number of benzene rings is 3. The van der Waals surface area contributed by atoms with Crippen LogP contribution in [0.25, 0.3) is 0 Å². The number of aromatic carboxylic acids is 1. The molecule has 36 heavy (non-hydrogen) atoms. The van der Waals surface area contributed by atoms with Gasteiger partial charge >= 0.3 is 12.1 Å². The first-order valence-electron chi connectivity index (χ1n) is 12.2. The summed E-state index contributed by atoms with van der Waals surface area (Å²) in [6, 6.07) is 6.83. The second-order valence-corrected chi connectivity index (χ2v) is 10.1. The summed E-state index contributed by atoms with van der Waals surface area (Å²) in [5, 5.41) is 9.94. The van der Waals surface area contributed by atoms with Crippen molar-refractivity contribution in [2.45, 2.75) is 76.2 Å². The number of aryl methyl sites for hydroxylation is 5. The standard InChI is InChI=1S/C30H37BO2.CO2/c1-15-12-18(4)27(19(5)13-15)31(28-20(6)16(2)14-17(3)21(28)7)29-24(10)22(8)26(30(32)33)23(9)25(29)11;2-1-3/h12-14H,1-11H3,(H,32,33);. The Balaban J connectivity index is 0.00000145. The lowest BCUT2D eigenvalue weighted by Crippen LogP contribution is -2.58. The molecule has 3 aromatic carbocycles. The molecule has 3 aromatic rings. The zero-order valence-electron chi connectivity index (χ0n) is 23.5. The van der Waals surface area contributed by atoms with Crippen molar-refractivity contribution in [1.82, 2.24) is 0 Å². The summed E-state index contributed by atoms with van der Waals surface area (Å²) in [7, 11) is 0. The first-order chi connectivity index (χ1) is 16.7. The van der Waals surface area contributed by atoms with Crippen LogP contribution >= 0.6 is 0 Å². The van der Waals surface area contributed by atoms with Crippen LogP contribution in [-0.4, -0.2) is 23.9 Å². The summed E-state index contributed by atoms with van der Waals surface area (Å²) in [4.78, 5) is 28.4. The van der Waals surface area contributed by atoms with Crippen LogP contribution in [0, 0.1) is 76.2 Å².